The molecular formula is C41H50IrNO3Si-. The van der Waals surface area contributed by atoms with Crippen LogP contribution in [0.25, 0.3) is 44.0 Å². The van der Waals surface area contributed by atoms with Gasteiger partial charge in [-0.2, -0.15) is 0 Å². The number of aromatic nitrogens is 1. The van der Waals surface area contributed by atoms with Gasteiger partial charge in [-0.25, -0.2) is 0 Å². The summed E-state index contributed by atoms with van der Waals surface area (Å²) in [7, 11) is -1.59. The van der Waals surface area contributed by atoms with Crippen LogP contribution >= 0.6 is 0 Å². The van der Waals surface area contributed by atoms with Crippen molar-refractivity contribution in [1.82, 2.24) is 4.98 Å². The topological polar surface area (TPSA) is 63.3 Å². The van der Waals surface area contributed by atoms with Crippen molar-refractivity contribution in [2.45, 2.75) is 99.2 Å². The summed E-state index contributed by atoms with van der Waals surface area (Å²) in [5, 5.41) is 16.0. The monoisotopic (exact) mass is 825 g/mol. The Morgan fingerprint density at radius 2 is 1.64 bits per heavy atom. The molecule has 251 valence electrons. The van der Waals surface area contributed by atoms with Gasteiger partial charge >= 0.3 is 0 Å². The Bertz CT molecular complexity index is 1960. The Labute approximate surface area is 295 Å². The maximum absolute atomic E-state index is 11.7. The fourth-order valence-corrected chi connectivity index (χ4v) is 8.66. The van der Waals surface area contributed by atoms with Crippen LogP contribution in [0.15, 0.2) is 64.9 Å². The average molecular weight is 825 g/mol. The summed E-state index contributed by atoms with van der Waals surface area (Å²) in [6.45, 7) is 22.1. The van der Waals surface area contributed by atoms with Crippen LogP contribution in [0.2, 0.25) is 19.6 Å². The molecule has 6 heteroatoms. The zero-order valence-electron chi connectivity index (χ0n) is 29.7. The van der Waals surface area contributed by atoms with E-state index in [1.54, 1.807) is 0 Å². The fourth-order valence-electron chi connectivity index (χ4n) is 7.22. The molecule has 0 amide bonds. The molecule has 4 nitrogen and oxygen atoms in total. The first-order valence-corrected chi connectivity index (χ1v) is 20.5. The first-order chi connectivity index (χ1) is 21.8. The van der Waals surface area contributed by atoms with E-state index in [0.717, 1.165) is 48.1 Å². The Balaban J connectivity index is 0.000000269. The van der Waals surface area contributed by atoms with Crippen molar-refractivity contribution in [2.24, 2.45) is 11.8 Å². The van der Waals surface area contributed by atoms with Crippen LogP contribution in [0.3, 0.4) is 0 Å². The molecule has 1 aliphatic rings. The van der Waals surface area contributed by atoms with Gasteiger partial charge in [-0.1, -0.05) is 109 Å². The second kappa shape index (κ2) is 14.2. The first kappa shape index (κ1) is 36.8. The Kier molecular flexibility index (Phi) is 11.1. The van der Waals surface area contributed by atoms with E-state index >= 15 is 0 Å². The molecule has 0 spiro atoms. The van der Waals surface area contributed by atoms with Crippen molar-refractivity contribution < 1.29 is 34.4 Å². The van der Waals surface area contributed by atoms with Crippen LogP contribution in [0.1, 0.15) is 83.9 Å². The van der Waals surface area contributed by atoms with E-state index in [9.17, 15) is 9.90 Å². The van der Waals surface area contributed by atoms with Gasteiger partial charge in [-0.15, -0.1) is 17.7 Å². The molecule has 1 radical (unpaired) electrons. The smallest absolute Gasteiger partial charge is 0.162 e. The number of furan rings is 1. The summed E-state index contributed by atoms with van der Waals surface area (Å²) in [5.41, 5.74) is 7.74. The van der Waals surface area contributed by atoms with Gasteiger partial charge < -0.3 is 14.5 Å². The molecule has 47 heavy (non-hydrogen) atoms. The molecule has 0 atom stereocenters. The number of fused-ring (bicyclic) bond motifs is 4. The normalized spacial score (nSPS) is 13.9. The van der Waals surface area contributed by atoms with Gasteiger partial charge in [0.1, 0.15) is 5.58 Å². The Hall–Kier alpha value is -3.05. The maximum Gasteiger partial charge on any atom is 0.162 e. The number of hydrogen-bond acceptors (Lipinski definition) is 4. The fraction of sp³-hybridized carbons (Fsp3) is 0.415. The molecule has 2 aromatic heterocycles. The summed E-state index contributed by atoms with van der Waals surface area (Å²) >= 11 is 0. The number of ketones is 1. The Morgan fingerprint density at radius 1 is 0.979 bits per heavy atom. The van der Waals surface area contributed by atoms with Crippen LogP contribution in [-0.4, -0.2) is 23.9 Å². The van der Waals surface area contributed by atoms with E-state index in [2.05, 4.69) is 82.9 Å². The molecule has 0 bridgehead atoms. The third-order valence-electron chi connectivity index (χ3n) is 10.1. The van der Waals surface area contributed by atoms with E-state index in [0.29, 0.717) is 0 Å². The molecular weight excluding hydrogens is 775 g/mol. The van der Waals surface area contributed by atoms with Gasteiger partial charge in [0, 0.05) is 49.6 Å². The molecule has 0 saturated carbocycles. The summed E-state index contributed by atoms with van der Waals surface area (Å²) in [4.78, 5) is 16.7. The number of aliphatic hydroxyl groups excluding tert-OH is 1. The zero-order valence-corrected chi connectivity index (χ0v) is 33.1. The number of pyridine rings is 1. The van der Waals surface area contributed by atoms with Crippen LogP contribution in [0.5, 0.6) is 0 Å². The number of benzene rings is 3. The van der Waals surface area contributed by atoms with Crippen molar-refractivity contribution in [3.05, 3.63) is 83.3 Å². The molecule has 5 aromatic rings. The SMILES string of the molecule is CCC(CC)C(=O)/C=C(\O)C(CC)CC.Cc1ccc2cnc3c(c2c1)C(C)(C)c1ccc([Si](C)(C)C)c2oc4cc[c-]c-3c4c12.[Ir]. The molecule has 6 rings (SSSR count). The van der Waals surface area contributed by atoms with Crippen molar-refractivity contribution in [1.29, 1.82) is 0 Å². The number of aliphatic hydroxyl groups is 1. The van der Waals surface area contributed by atoms with Crippen LogP contribution < -0.4 is 5.19 Å². The van der Waals surface area contributed by atoms with Crippen LogP contribution in [-0.2, 0) is 30.3 Å². The van der Waals surface area contributed by atoms with Crippen LogP contribution in [0.4, 0.5) is 0 Å². The number of allylic oxidation sites excluding steroid dienone is 2. The van der Waals surface area contributed by atoms with Gasteiger partial charge in [0.05, 0.1) is 19.4 Å². The first-order valence-electron chi connectivity index (χ1n) is 17.0. The largest absolute Gasteiger partial charge is 0.512 e. The van der Waals surface area contributed by atoms with Crippen molar-refractivity contribution in [3.8, 4) is 11.3 Å². The number of aryl methyl sites for hydroxylation is 1. The second-order valence-electron chi connectivity index (χ2n) is 14.5. The summed E-state index contributed by atoms with van der Waals surface area (Å²) in [5.74, 6) is 0.547. The molecule has 0 unspecified atom stereocenters. The van der Waals surface area contributed by atoms with E-state index in [1.165, 1.54) is 49.5 Å². The number of nitrogens with zero attached hydrogens (tertiary/aromatic N) is 1. The summed E-state index contributed by atoms with van der Waals surface area (Å²) in [6.07, 6.45) is 6.92. The number of carbonyl (C=O) groups is 1. The number of carbonyl (C=O) groups excluding carboxylic acids is 1. The molecule has 0 saturated heterocycles. The van der Waals surface area contributed by atoms with Crippen molar-refractivity contribution in [2.75, 3.05) is 0 Å². The predicted molar refractivity (Wildman–Crippen MR) is 197 cm³/mol. The minimum Gasteiger partial charge on any atom is -0.512 e. The summed E-state index contributed by atoms with van der Waals surface area (Å²) < 4.78 is 6.57. The quantitative estimate of drug-likeness (QED) is 0.0733. The van der Waals surface area contributed by atoms with Crippen LogP contribution in [0, 0.1) is 24.8 Å². The third kappa shape index (κ3) is 6.66. The molecule has 0 fully saturated rings. The number of hydrogen-bond donors (Lipinski definition) is 1. The van der Waals surface area contributed by atoms with E-state index in [1.807, 2.05) is 40.0 Å². The van der Waals surface area contributed by atoms with E-state index in [-0.39, 0.29) is 48.9 Å². The second-order valence-corrected chi connectivity index (χ2v) is 19.5. The minimum atomic E-state index is -1.59. The van der Waals surface area contributed by atoms with Gasteiger partial charge in [-0.3, -0.25) is 4.79 Å². The standard InChI is InChI=1S/C28H26NOSi.C13H24O2.Ir/c1-16-10-11-17-15-29-26-18-8-7-9-21-23(18)24-20(28(2,3)25(26)19(17)14-16)12-13-22(27(24)30-21)31(4,5)6;1-5-10(6-2)12(14)9-13(15)11(7-3)8-4;/h7,9-15H,1-6H3;9-11,14H,5-8H2,1-4H3;/q-1;;/b;12-9-;. The molecule has 1 N–H and O–H groups in total. The number of rotatable bonds is 8. The average Bonchev–Trinajstić information content (AvgIpc) is 3.36. The maximum atomic E-state index is 11.7. The predicted octanol–water partition coefficient (Wildman–Crippen LogP) is 11.0. The van der Waals surface area contributed by atoms with Crippen molar-refractivity contribution >= 4 is 51.8 Å². The van der Waals surface area contributed by atoms with Gasteiger partial charge in [0.25, 0.3) is 0 Å². The zero-order chi connectivity index (χ0) is 33.6. The van der Waals surface area contributed by atoms with Gasteiger partial charge in [-0.05, 0) is 70.8 Å². The molecule has 0 aliphatic heterocycles. The summed E-state index contributed by atoms with van der Waals surface area (Å²) in [6, 6.07) is 18.9. The van der Waals surface area contributed by atoms with Gasteiger partial charge in [0.2, 0.25) is 0 Å². The molecule has 3 aromatic carbocycles. The van der Waals surface area contributed by atoms with Gasteiger partial charge in [0.15, 0.2) is 5.78 Å². The minimum absolute atomic E-state index is 0. The third-order valence-corrected chi connectivity index (χ3v) is 12.1. The molecule has 1 aliphatic carbocycles. The Morgan fingerprint density at radius 3 is 2.26 bits per heavy atom. The van der Waals surface area contributed by atoms with E-state index in [4.69, 9.17) is 9.40 Å². The molecule has 2 heterocycles. The van der Waals surface area contributed by atoms with Crippen molar-refractivity contribution in [3.63, 3.8) is 0 Å². The van der Waals surface area contributed by atoms with E-state index < -0.39 is 8.07 Å².